The van der Waals surface area contributed by atoms with E-state index < -0.39 is 11.6 Å². The van der Waals surface area contributed by atoms with E-state index in [1.165, 1.54) is 0 Å². The number of rotatable bonds is 2. The largest absolute Gasteiger partial charge is 0.398 e. The lowest BCUT2D eigenvalue weighted by molar-refractivity contribution is 0.500. The van der Waals surface area contributed by atoms with Crippen LogP contribution in [0, 0.1) is 18.6 Å². The molecule has 0 fully saturated rings. The van der Waals surface area contributed by atoms with Gasteiger partial charge in [0, 0.05) is 17.7 Å². The summed E-state index contributed by atoms with van der Waals surface area (Å²) in [5.74, 6) is -1.69. The smallest absolute Gasteiger partial charge is 0.164 e. The molecule has 0 unspecified atom stereocenters. The maximum Gasteiger partial charge on any atom is 0.164 e. The Kier molecular flexibility index (Phi) is 3.09. The lowest BCUT2D eigenvalue weighted by Gasteiger charge is -2.10. The van der Waals surface area contributed by atoms with E-state index >= 15 is 0 Å². The van der Waals surface area contributed by atoms with Crippen LogP contribution in [0.25, 0.3) is 0 Å². The third-order valence-electron chi connectivity index (χ3n) is 2.79. The standard InChI is InChI=1S/C14H13F2N/c1-9-7-12(15)13(16)11(14(9)17)8-10-5-3-2-4-6-10/h2-7H,8,17H2,1H3. The van der Waals surface area contributed by atoms with Crippen molar-refractivity contribution in [2.75, 3.05) is 5.73 Å². The molecule has 17 heavy (non-hydrogen) atoms. The van der Waals surface area contributed by atoms with Gasteiger partial charge in [-0.05, 0) is 24.1 Å². The van der Waals surface area contributed by atoms with Crippen molar-refractivity contribution in [1.29, 1.82) is 0 Å². The van der Waals surface area contributed by atoms with Gasteiger partial charge in [-0.25, -0.2) is 8.78 Å². The zero-order chi connectivity index (χ0) is 12.4. The molecule has 2 aromatic rings. The second-order valence-electron chi connectivity index (χ2n) is 4.04. The summed E-state index contributed by atoms with van der Waals surface area (Å²) in [6, 6.07) is 10.4. The van der Waals surface area contributed by atoms with E-state index in [1.807, 2.05) is 30.3 Å². The van der Waals surface area contributed by atoms with Gasteiger partial charge in [0.2, 0.25) is 0 Å². The van der Waals surface area contributed by atoms with Crippen LogP contribution in [-0.2, 0) is 6.42 Å². The van der Waals surface area contributed by atoms with Crippen LogP contribution in [0.4, 0.5) is 14.5 Å². The predicted octanol–water partition coefficient (Wildman–Crippen LogP) is 3.45. The Balaban J connectivity index is 2.46. The van der Waals surface area contributed by atoms with Gasteiger partial charge in [0.25, 0.3) is 0 Å². The van der Waals surface area contributed by atoms with Crippen molar-refractivity contribution in [3.05, 3.63) is 64.7 Å². The summed E-state index contributed by atoms with van der Waals surface area (Å²) in [6.45, 7) is 1.67. The Morgan fingerprint density at radius 3 is 2.41 bits per heavy atom. The third kappa shape index (κ3) is 2.28. The minimum atomic E-state index is -0.850. The van der Waals surface area contributed by atoms with Gasteiger partial charge in [-0.1, -0.05) is 30.3 Å². The highest BCUT2D eigenvalue weighted by Gasteiger charge is 2.14. The fourth-order valence-electron chi connectivity index (χ4n) is 1.80. The molecule has 0 amide bonds. The van der Waals surface area contributed by atoms with Crippen LogP contribution in [0.15, 0.2) is 36.4 Å². The molecular formula is C14H13F2N. The van der Waals surface area contributed by atoms with Crippen molar-refractivity contribution in [3.63, 3.8) is 0 Å². The highest BCUT2D eigenvalue weighted by Crippen LogP contribution is 2.25. The van der Waals surface area contributed by atoms with Gasteiger partial charge in [-0.2, -0.15) is 0 Å². The highest BCUT2D eigenvalue weighted by molar-refractivity contribution is 5.55. The van der Waals surface area contributed by atoms with E-state index in [2.05, 4.69) is 0 Å². The van der Waals surface area contributed by atoms with E-state index in [1.54, 1.807) is 6.92 Å². The number of anilines is 1. The SMILES string of the molecule is Cc1cc(F)c(F)c(Cc2ccccc2)c1N. The second-order valence-corrected chi connectivity index (χ2v) is 4.04. The first kappa shape index (κ1) is 11.6. The Hall–Kier alpha value is -1.90. The average Bonchev–Trinajstić information content (AvgIpc) is 2.33. The Morgan fingerprint density at radius 2 is 1.76 bits per heavy atom. The fourth-order valence-corrected chi connectivity index (χ4v) is 1.80. The van der Waals surface area contributed by atoms with E-state index in [9.17, 15) is 8.78 Å². The number of halogens is 2. The molecule has 88 valence electrons. The number of nitrogen functional groups attached to an aromatic ring is 1. The molecule has 0 saturated carbocycles. The predicted molar refractivity (Wildman–Crippen MR) is 64.8 cm³/mol. The highest BCUT2D eigenvalue weighted by atomic mass is 19.2. The molecule has 0 aliphatic carbocycles. The lowest BCUT2D eigenvalue weighted by Crippen LogP contribution is -2.04. The summed E-state index contributed by atoms with van der Waals surface area (Å²) in [5, 5.41) is 0. The molecule has 0 atom stereocenters. The van der Waals surface area contributed by atoms with Gasteiger partial charge >= 0.3 is 0 Å². The minimum absolute atomic E-state index is 0.230. The topological polar surface area (TPSA) is 26.0 Å². The summed E-state index contributed by atoms with van der Waals surface area (Å²) in [7, 11) is 0. The van der Waals surface area contributed by atoms with Crippen molar-refractivity contribution < 1.29 is 8.78 Å². The molecule has 0 aliphatic rings. The summed E-state index contributed by atoms with van der Waals surface area (Å²) in [6.07, 6.45) is 0.303. The second kappa shape index (κ2) is 4.53. The van der Waals surface area contributed by atoms with Crippen molar-refractivity contribution in [1.82, 2.24) is 0 Å². The lowest BCUT2D eigenvalue weighted by atomic mass is 10.00. The van der Waals surface area contributed by atoms with Gasteiger partial charge in [-0.3, -0.25) is 0 Å². The molecule has 3 heteroatoms. The molecule has 0 spiro atoms. The number of aryl methyl sites for hydroxylation is 1. The number of hydrogen-bond acceptors (Lipinski definition) is 1. The van der Waals surface area contributed by atoms with Crippen molar-refractivity contribution in [3.8, 4) is 0 Å². The zero-order valence-electron chi connectivity index (χ0n) is 9.50. The molecule has 2 N–H and O–H groups in total. The van der Waals surface area contributed by atoms with Crippen LogP contribution in [0.3, 0.4) is 0 Å². The summed E-state index contributed by atoms with van der Waals surface area (Å²) in [4.78, 5) is 0. The summed E-state index contributed by atoms with van der Waals surface area (Å²) < 4.78 is 27.0. The molecule has 0 heterocycles. The fraction of sp³-hybridized carbons (Fsp3) is 0.143. The van der Waals surface area contributed by atoms with E-state index in [4.69, 9.17) is 5.73 Å². The molecular weight excluding hydrogens is 220 g/mol. The molecule has 0 saturated heterocycles. The maximum absolute atomic E-state index is 13.7. The molecule has 2 rings (SSSR count). The Morgan fingerprint density at radius 1 is 1.12 bits per heavy atom. The van der Waals surface area contributed by atoms with Crippen LogP contribution in [0.2, 0.25) is 0 Å². The number of hydrogen-bond donors (Lipinski definition) is 1. The van der Waals surface area contributed by atoms with E-state index in [-0.39, 0.29) is 5.56 Å². The zero-order valence-corrected chi connectivity index (χ0v) is 9.50. The van der Waals surface area contributed by atoms with Gasteiger partial charge in [-0.15, -0.1) is 0 Å². The molecule has 0 bridgehead atoms. The first-order valence-electron chi connectivity index (χ1n) is 5.36. The quantitative estimate of drug-likeness (QED) is 0.790. The maximum atomic E-state index is 13.7. The normalized spacial score (nSPS) is 10.5. The van der Waals surface area contributed by atoms with Crippen molar-refractivity contribution >= 4 is 5.69 Å². The van der Waals surface area contributed by atoms with Gasteiger partial charge in [0.15, 0.2) is 11.6 Å². The third-order valence-corrected chi connectivity index (χ3v) is 2.79. The Bertz CT molecular complexity index is 509. The minimum Gasteiger partial charge on any atom is -0.398 e. The Labute approximate surface area is 98.9 Å². The van der Waals surface area contributed by atoms with Crippen LogP contribution in [0.1, 0.15) is 16.7 Å². The molecule has 0 aromatic heterocycles. The van der Waals surface area contributed by atoms with Gasteiger partial charge in [0.05, 0.1) is 0 Å². The summed E-state index contributed by atoms with van der Waals surface area (Å²) >= 11 is 0. The first-order valence-corrected chi connectivity index (χ1v) is 5.36. The molecule has 0 aliphatic heterocycles. The van der Waals surface area contributed by atoms with E-state index in [0.29, 0.717) is 17.7 Å². The average molecular weight is 233 g/mol. The summed E-state index contributed by atoms with van der Waals surface area (Å²) in [5.41, 5.74) is 7.82. The van der Waals surface area contributed by atoms with Gasteiger partial charge < -0.3 is 5.73 Å². The van der Waals surface area contributed by atoms with Crippen LogP contribution in [0.5, 0.6) is 0 Å². The van der Waals surface area contributed by atoms with E-state index in [0.717, 1.165) is 11.6 Å². The van der Waals surface area contributed by atoms with Crippen molar-refractivity contribution in [2.24, 2.45) is 0 Å². The molecule has 0 radical (unpaired) electrons. The van der Waals surface area contributed by atoms with Gasteiger partial charge in [0.1, 0.15) is 0 Å². The molecule has 2 aromatic carbocycles. The monoisotopic (exact) mass is 233 g/mol. The number of nitrogens with two attached hydrogens (primary N) is 1. The van der Waals surface area contributed by atoms with Crippen LogP contribution in [-0.4, -0.2) is 0 Å². The van der Waals surface area contributed by atoms with Crippen LogP contribution < -0.4 is 5.73 Å². The number of benzene rings is 2. The molecule has 1 nitrogen and oxygen atoms in total. The van der Waals surface area contributed by atoms with Crippen LogP contribution >= 0.6 is 0 Å². The van der Waals surface area contributed by atoms with Crippen molar-refractivity contribution in [2.45, 2.75) is 13.3 Å². The first-order chi connectivity index (χ1) is 8.09.